The van der Waals surface area contributed by atoms with Gasteiger partial charge in [0, 0.05) is 18.0 Å². The summed E-state index contributed by atoms with van der Waals surface area (Å²) in [5, 5.41) is 0. The Kier molecular flexibility index (Phi) is 3.75. The number of aryl methyl sites for hydroxylation is 2. The zero-order valence-electron chi connectivity index (χ0n) is 11.9. The highest BCUT2D eigenvalue weighted by Gasteiger charge is 2.25. The lowest BCUT2D eigenvalue weighted by molar-refractivity contribution is 0.150. The molecule has 0 radical (unpaired) electrons. The van der Waals surface area contributed by atoms with Gasteiger partial charge in [0.05, 0.1) is 0 Å². The molecule has 0 aromatic heterocycles. The van der Waals surface area contributed by atoms with E-state index < -0.39 is 0 Å². The summed E-state index contributed by atoms with van der Waals surface area (Å²) in [4.78, 5) is 0. The minimum absolute atomic E-state index is 0.0967. The summed E-state index contributed by atoms with van der Waals surface area (Å²) < 4.78 is 6.10. The van der Waals surface area contributed by atoms with Crippen LogP contribution in [-0.4, -0.2) is 6.10 Å². The second kappa shape index (κ2) is 5.68. The van der Waals surface area contributed by atoms with Crippen LogP contribution in [0.1, 0.15) is 35.6 Å². The highest BCUT2D eigenvalue weighted by molar-refractivity contribution is 5.40. The molecule has 0 bridgehead atoms. The Morgan fingerprint density at radius 2 is 1.95 bits per heavy atom. The van der Waals surface area contributed by atoms with Crippen LogP contribution in [0, 0.1) is 6.92 Å². The van der Waals surface area contributed by atoms with Crippen LogP contribution >= 0.6 is 0 Å². The van der Waals surface area contributed by atoms with Crippen LogP contribution < -0.4 is 10.5 Å². The van der Waals surface area contributed by atoms with Gasteiger partial charge in [0.2, 0.25) is 0 Å². The molecular weight excluding hydrogens is 246 g/mol. The highest BCUT2D eigenvalue weighted by Crippen LogP contribution is 2.35. The van der Waals surface area contributed by atoms with Crippen molar-refractivity contribution in [2.75, 3.05) is 0 Å². The standard InChI is InChI=1S/C18H21NO/c1-13-7-10-18-16(11-13)17(19)12-15(20-18)9-8-14-5-3-2-4-6-14/h2-7,10-11,15,17H,8-9,12,19H2,1H3. The number of benzene rings is 2. The number of hydrogen-bond acceptors (Lipinski definition) is 2. The Labute approximate surface area is 120 Å². The Bertz CT molecular complexity index is 579. The van der Waals surface area contributed by atoms with Crippen LogP contribution in [0.25, 0.3) is 0 Å². The van der Waals surface area contributed by atoms with Crippen molar-refractivity contribution in [3.63, 3.8) is 0 Å². The molecule has 0 amide bonds. The zero-order chi connectivity index (χ0) is 13.9. The quantitative estimate of drug-likeness (QED) is 0.918. The fraction of sp³-hybridized carbons (Fsp3) is 0.333. The van der Waals surface area contributed by atoms with Gasteiger partial charge in [0.1, 0.15) is 11.9 Å². The van der Waals surface area contributed by atoms with Gasteiger partial charge in [-0.3, -0.25) is 0 Å². The maximum Gasteiger partial charge on any atom is 0.124 e. The van der Waals surface area contributed by atoms with E-state index in [9.17, 15) is 0 Å². The third-order valence-electron chi connectivity index (χ3n) is 3.97. The molecule has 2 unspecified atom stereocenters. The summed E-state index contributed by atoms with van der Waals surface area (Å²) in [6.45, 7) is 2.09. The molecule has 2 aromatic carbocycles. The largest absolute Gasteiger partial charge is 0.490 e. The van der Waals surface area contributed by atoms with E-state index in [0.29, 0.717) is 0 Å². The molecule has 0 fully saturated rings. The molecule has 0 spiro atoms. The van der Waals surface area contributed by atoms with Crippen LogP contribution in [0.15, 0.2) is 48.5 Å². The van der Waals surface area contributed by atoms with Crippen molar-refractivity contribution in [3.8, 4) is 5.75 Å². The Morgan fingerprint density at radius 3 is 2.75 bits per heavy atom. The summed E-state index contributed by atoms with van der Waals surface area (Å²) in [6, 6.07) is 16.9. The molecule has 0 aliphatic carbocycles. The first kappa shape index (κ1) is 13.2. The molecule has 2 atom stereocenters. The Balaban J connectivity index is 1.67. The van der Waals surface area contributed by atoms with Crippen molar-refractivity contribution in [1.29, 1.82) is 0 Å². The Morgan fingerprint density at radius 1 is 1.15 bits per heavy atom. The van der Waals surface area contributed by atoms with Gasteiger partial charge in [0.25, 0.3) is 0 Å². The van der Waals surface area contributed by atoms with Gasteiger partial charge in [-0.15, -0.1) is 0 Å². The summed E-state index contributed by atoms with van der Waals surface area (Å²) in [6.07, 6.45) is 3.19. The fourth-order valence-corrected chi connectivity index (χ4v) is 2.85. The monoisotopic (exact) mass is 267 g/mol. The predicted molar refractivity (Wildman–Crippen MR) is 81.9 cm³/mol. The van der Waals surface area contributed by atoms with Crippen LogP contribution in [0.5, 0.6) is 5.75 Å². The van der Waals surface area contributed by atoms with Gasteiger partial charge < -0.3 is 10.5 Å². The van der Waals surface area contributed by atoms with Crippen LogP contribution in [0.3, 0.4) is 0 Å². The lowest BCUT2D eigenvalue weighted by Gasteiger charge is -2.30. The molecular formula is C18H21NO. The van der Waals surface area contributed by atoms with E-state index >= 15 is 0 Å². The van der Waals surface area contributed by atoms with Crippen molar-refractivity contribution in [1.82, 2.24) is 0 Å². The lowest BCUT2D eigenvalue weighted by Crippen LogP contribution is -2.30. The first-order chi connectivity index (χ1) is 9.72. The van der Waals surface area contributed by atoms with Crippen LogP contribution in [0.2, 0.25) is 0 Å². The molecule has 1 aliphatic heterocycles. The van der Waals surface area contributed by atoms with E-state index in [1.54, 1.807) is 0 Å². The molecule has 104 valence electrons. The van der Waals surface area contributed by atoms with E-state index in [1.165, 1.54) is 11.1 Å². The second-order valence-electron chi connectivity index (χ2n) is 5.65. The van der Waals surface area contributed by atoms with Crippen molar-refractivity contribution in [3.05, 3.63) is 65.2 Å². The highest BCUT2D eigenvalue weighted by atomic mass is 16.5. The summed E-state index contributed by atoms with van der Waals surface area (Å²) in [5.41, 5.74) is 10.1. The average molecular weight is 267 g/mol. The summed E-state index contributed by atoms with van der Waals surface area (Å²) in [5.74, 6) is 0.965. The number of ether oxygens (including phenoxy) is 1. The van der Waals surface area contributed by atoms with E-state index in [4.69, 9.17) is 10.5 Å². The van der Waals surface area contributed by atoms with Crippen LogP contribution in [-0.2, 0) is 6.42 Å². The molecule has 0 saturated carbocycles. The van der Waals surface area contributed by atoms with E-state index in [2.05, 4.69) is 55.5 Å². The molecule has 2 heteroatoms. The minimum atomic E-state index is 0.0967. The third kappa shape index (κ3) is 2.86. The second-order valence-corrected chi connectivity index (χ2v) is 5.65. The lowest BCUT2D eigenvalue weighted by atomic mass is 9.93. The summed E-state index contributed by atoms with van der Waals surface area (Å²) >= 11 is 0. The van der Waals surface area contributed by atoms with Crippen molar-refractivity contribution in [2.24, 2.45) is 5.73 Å². The minimum Gasteiger partial charge on any atom is -0.490 e. The molecule has 2 aromatic rings. The first-order valence-electron chi connectivity index (χ1n) is 7.29. The predicted octanol–water partition coefficient (Wildman–Crippen LogP) is 3.78. The molecule has 1 heterocycles. The number of nitrogens with two attached hydrogens (primary N) is 1. The zero-order valence-corrected chi connectivity index (χ0v) is 11.9. The maximum absolute atomic E-state index is 6.29. The topological polar surface area (TPSA) is 35.2 Å². The Hall–Kier alpha value is -1.80. The average Bonchev–Trinajstić information content (AvgIpc) is 2.47. The van der Waals surface area contributed by atoms with E-state index in [-0.39, 0.29) is 12.1 Å². The SMILES string of the molecule is Cc1ccc2c(c1)C(N)CC(CCc1ccccc1)O2. The van der Waals surface area contributed by atoms with Gasteiger partial charge in [-0.05, 0) is 31.4 Å². The maximum atomic E-state index is 6.29. The smallest absolute Gasteiger partial charge is 0.124 e. The summed E-state index contributed by atoms with van der Waals surface area (Å²) in [7, 11) is 0. The van der Waals surface area contributed by atoms with Gasteiger partial charge in [0.15, 0.2) is 0 Å². The molecule has 20 heavy (non-hydrogen) atoms. The van der Waals surface area contributed by atoms with Gasteiger partial charge in [-0.25, -0.2) is 0 Å². The van der Waals surface area contributed by atoms with Gasteiger partial charge in [-0.1, -0.05) is 48.0 Å². The molecule has 2 nitrogen and oxygen atoms in total. The molecule has 3 rings (SSSR count). The van der Waals surface area contributed by atoms with Crippen molar-refractivity contribution >= 4 is 0 Å². The number of rotatable bonds is 3. The van der Waals surface area contributed by atoms with Gasteiger partial charge in [-0.2, -0.15) is 0 Å². The molecule has 2 N–H and O–H groups in total. The first-order valence-corrected chi connectivity index (χ1v) is 7.29. The van der Waals surface area contributed by atoms with Crippen molar-refractivity contribution in [2.45, 2.75) is 38.3 Å². The third-order valence-corrected chi connectivity index (χ3v) is 3.97. The molecule has 0 saturated heterocycles. The van der Waals surface area contributed by atoms with Crippen molar-refractivity contribution < 1.29 is 4.74 Å². The normalized spacial score (nSPS) is 21.1. The van der Waals surface area contributed by atoms with Crippen LogP contribution in [0.4, 0.5) is 0 Å². The number of hydrogen-bond donors (Lipinski definition) is 1. The van der Waals surface area contributed by atoms with E-state index in [0.717, 1.165) is 30.6 Å². The van der Waals surface area contributed by atoms with E-state index in [1.807, 2.05) is 0 Å². The van der Waals surface area contributed by atoms with Gasteiger partial charge >= 0.3 is 0 Å². The number of fused-ring (bicyclic) bond motifs is 1. The fourth-order valence-electron chi connectivity index (χ4n) is 2.85. The molecule has 1 aliphatic rings.